The third-order valence-electron chi connectivity index (χ3n) is 2.48. The van der Waals surface area contributed by atoms with E-state index >= 15 is 0 Å². The highest BCUT2D eigenvalue weighted by atomic mass is 14.9. The fourth-order valence-corrected chi connectivity index (χ4v) is 1.54. The average Bonchev–Trinajstić information content (AvgIpc) is 2.29. The van der Waals surface area contributed by atoms with Crippen molar-refractivity contribution in [1.82, 2.24) is 5.32 Å². The van der Waals surface area contributed by atoms with Crippen LogP contribution in [0.25, 0.3) is 0 Å². The molecular formula is C14H19N3. The van der Waals surface area contributed by atoms with Gasteiger partial charge in [-0.3, -0.25) is 0 Å². The molecule has 90 valence electrons. The van der Waals surface area contributed by atoms with E-state index in [1.54, 1.807) is 12.1 Å². The van der Waals surface area contributed by atoms with Crippen molar-refractivity contribution >= 4 is 5.71 Å². The summed E-state index contributed by atoms with van der Waals surface area (Å²) in [5.41, 5.74) is 2.49. The molecule has 3 heteroatoms. The Bertz CT molecular complexity index is 398. The standard InChI is InChI=1S/C14H19N3/c1-11(2)17-8-7-14(16)9-12-3-5-13(10-15)6-4-12/h3-6,11,16-17H,7-9H2,1-2H3. The molecule has 0 aliphatic carbocycles. The van der Waals surface area contributed by atoms with E-state index < -0.39 is 0 Å². The molecule has 0 fully saturated rings. The van der Waals surface area contributed by atoms with Gasteiger partial charge in [-0.25, -0.2) is 0 Å². The first kappa shape index (κ1) is 13.4. The first-order valence-electron chi connectivity index (χ1n) is 5.90. The molecule has 1 aromatic carbocycles. The van der Waals surface area contributed by atoms with Crippen molar-refractivity contribution in [1.29, 1.82) is 10.7 Å². The van der Waals surface area contributed by atoms with Crippen molar-refractivity contribution in [3.8, 4) is 6.07 Å². The number of rotatable bonds is 6. The fourth-order valence-electron chi connectivity index (χ4n) is 1.54. The van der Waals surface area contributed by atoms with Crippen LogP contribution in [0.1, 0.15) is 31.4 Å². The second-order valence-corrected chi connectivity index (χ2v) is 4.45. The minimum absolute atomic E-state index is 0.470. The van der Waals surface area contributed by atoms with E-state index in [0.717, 1.165) is 24.2 Å². The van der Waals surface area contributed by atoms with Crippen LogP contribution < -0.4 is 5.32 Å². The number of nitrogens with zero attached hydrogens (tertiary/aromatic N) is 1. The Labute approximate surface area is 103 Å². The third-order valence-corrected chi connectivity index (χ3v) is 2.48. The second kappa shape index (κ2) is 6.82. The Kier molecular flexibility index (Phi) is 5.38. The zero-order valence-electron chi connectivity index (χ0n) is 10.5. The SMILES string of the molecule is CC(C)NCCC(=N)Cc1ccc(C#N)cc1. The quantitative estimate of drug-likeness (QED) is 0.736. The van der Waals surface area contributed by atoms with Gasteiger partial charge in [-0.15, -0.1) is 0 Å². The van der Waals surface area contributed by atoms with Crippen LogP contribution in [-0.2, 0) is 6.42 Å². The van der Waals surface area contributed by atoms with Gasteiger partial charge in [0.2, 0.25) is 0 Å². The Balaban J connectivity index is 2.37. The lowest BCUT2D eigenvalue weighted by atomic mass is 10.0. The van der Waals surface area contributed by atoms with Crippen LogP contribution in [-0.4, -0.2) is 18.3 Å². The fraction of sp³-hybridized carbons (Fsp3) is 0.429. The lowest BCUT2D eigenvalue weighted by Crippen LogP contribution is -2.25. The van der Waals surface area contributed by atoms with Crippen LogP contribution in [0.5, 0.6) is 0 Å². The summed E-state index contributed by atoms with van der Waals surface area (Å²) in [6, 6.07) is 10.0. The lowest BCUT2D eigenvalue weighted by Gasteiger charge is -2.08. The molecule has 0 amide bonds. The molecule has 0 aliphatic rings. The maximum absolute atomic E-state index is 8.68. The summed E-state index contributed by atoms with van der Waals surface area (Å²) in [6.45, 7) is 5.06. The molecule has 0 aromatic heterocycles. The maximum atomic E-state index is 8.68. The van der Waals surface area contributed by atoms with Crippen molar-refractivity contribution in [2.75, 3.05) is 6.54 Å². The van der Waals surface area contributed by atoms with E-state index in [9.17, 15) is 0 Å². The Morgan fingerprint density at radius 2 is 2.00 bits per heavy atom. The van der Waals surface area contributed by atoms with Crippen LogP contribution >= 0.6 is 0 Å². The highest BCUT2D eigenvalue weighted by Gasteiger charge is 2.01. The summed E-state index contributed by atoms with van der Waals surface area (Å²) in [4.78, 5) is 0. The highest BCUT2D eigenvalue weighted by molar-refractivity contribution is 5.83. The van der Waals surface area contributed by atoms with Crippen molar-refractivity contribution in [3.63, 3.8) is 0 Å². The predicted octanol–water partition coefficient (Wildman–Crippen LogP) is 2.51. The van der Waals surface area contributed by atoms with E-state index in [1.165, 1.54) is 0 Å². The molecule has 1 rings (SSSR count). The van der Waals surface area contributed by atoms with Gasteiger partial charge in [-0.05, 0) is 24.1 Å². The summed E-state index contributed by atoms with van der Waals surface area (Å²) in [6.07, 6.45) is 1.45. The van der Waals surface area contributed by atoms with E-state index in [4.69, 9.17) is 10.7 Å². The highest BCUT2D eigenvalue weighted by Crippen LogP contribution is 2.05. The lowest BCUT2D eigenvalue weighted by molar-refractivity contribution is 0.599. The normalized spacial score (nSPS) is 10.2. The van der Waals surface area contributed by atoms with E-state index in [1.807, 2.05) is 12.1 Å². The van der Waals surface area contributed by atoms with Gasteiger partial charge in [-0.2, -0.15) is 5.26 Å². The molecule has 1 aromatic rings. The zero-order chi connectivity index (χ0) is 12.7. The number of nitrogens with one attached hydrogen (secondary N) is 2. The summed E-state index contributed by atoms with van der Waals surface area (Å²) >= 11 is 0. The van der Waals surface area contributed by atoms with Gasteiger partial charge in [-0.1, -0.05) is 26.0 Å². The maximum Gasteiger partial charge on any atom is 0.0991 e. The van der Waals surface area contributed by atoms with Gasteiger partial charge in [0.05, 0.1) is 11.6 Å². The average molecular weight is 229 g/mol. The third kappa shape index (κ3) is 5.28. The van der Waals surface area contributed by atoms with E-state index in [-0.39, 0.29) is 0 Å². The molecule has 0 unspecified atom stereocenters. The van der Waals surface area contributed by atoms with Crippen molar-refractivity contribution in [2.24, 2.45) is 0 Å². The first-order valence-corrected chi connectivity index (χ1v) is 5.90. The molecule has 0 saturated heterocycles. The number of hydrogen-bond donors (Lipinski definition) is 2. The summed E-state index contributed by atoms with van der Waals surface area (Å²) in [5, 5.41) is 19.8. The van der Waals surface area contributed by atoms with Crippen LogP contribution in [0, 0.1) is 16.7 Å². The second-order valence-electron chi connectivity index (χ2n) is 4.45. The predicted molar refractivity (Wildman–Crippen MR) is 70.3 cm³/mol. The summed E-state index contributed by atoms with van der Waals surface area (Å²) < 4.78 is 0. The minimum Gasteiger partial charge on any atom is -0.314 e. The molecule has 0 bridgehead atoms. The minimum atomic E-state index is 0.470. The zero-order valence-corrected chi connectivity index (χ0v) is 10.5. The first-order chi connectivity index (χ1) is 8.11. The van der Waals surface area contributed by atoms with Crippen LogP contribution in [0.4, 0.5) is 0 Å². The Morgan fingerprint density at radius 3 is 2.53 bits per heavy atom. The molecule has 0 heterocycles. The molecule has 0 spiro atoms. The summed E-state index contributed by atoms with van der Waals surface area (Å²) in [5.74, 6) is 0. The molecule has 0 saturated carbocycles. The molecule has 0 aliphatic heterocycles. The van der Waals surface area contributed by atoms with E-state index in [0.29, 0.717) is 18.0 Å². The van der Waals surface area contributed by atoms with Crippen LogP contribution in [0.3, 0.4) is 0 Å². The van der Waals surface area contributed by atoms with Crippen molar-refractivity contribution in [3.05, 3.63) is 35.4 Å². The van der Waals surface area contributed by atoms with E-state index in [2.05, 4.69) is 25.2 Å². The van der Waals surface area contributed by atoms with Crippen molar-refractivity contribution < 1.29 is 0 Å². The smallest absolute Gasteiger partial charge is 0.0991 e. The van der Waals surface area contributed by atoms with Gasteiger partial charge in [0, 0.05) is 24.7 Å². The monoisotopic (exact) mass is 229 g/mol. The van der Waals surface area contributed by atoms with Crippen LogP contribution in [0.2, 0.25) is 0 Å². The number of benzene rings is 1. The van der Waals surface area contributed by atoms with Gasteiger partial charge in [0.1, 0.15) is 0 Å². The van der Waals surface area contributed by atoms with Gasteiger partial charge >= 0.3 is 0 Å². The summed E-state index contributed by atoms with van der Waals surface area (Å²) in [7, 11) is 0. The Morgan fingerprint density at radius 1 is 1.35 bits per heavy atom. The van der Waals surface area contributed by atoms with Gasteiger partial charge < -0.3 is 10.7 Å². The molecule has 0 radical (unpaired) electrons. The topological polar surface area (TPSA) is 59.7 Å². The molecular weight excluding hydrogens is 210 g/mol. The molecule has 2 N–H and O–H groups in total. The van der Waals surface area contributed by atoms with Crippen molar-refractivity contribution in [2.45, 2.75) is 32.7 Å². The molecule has 17 heavy (non-hydrogen) atoms. The number of hydrogen-bond acceptors (Lipinski definition) is 3. The van der Waals surface area contributed by atoms with Crippen LogP contribution in [0.15, 0.2) is 24.3 Å². The van der Waals surface area contributed by atoms with Gasteiger partial charge in [0.25, 0.3) is 0 Å². The van der Waals surface area contributed by atoms with Gasteiger partial charge in [0.15, 0.2) is 0 Å². The number of nitriles is 1. The largest absolute Gasteiger partial charge is 0.314 e. The Hall–Kier alpha value is -1.66. The molecule has 3 nitrogen and oxygen atoms in total. The molecule has 0 atom stereocenters.